The molecule has 0 radical (unpaired) electrons. The second-order valence-corrected chi connectivity index (χ2v) is 4.05. The first-order valence-corrected chi connectivity index (χ1v) is 5.29. The van der Waals surface area contributed by atoms with Gasteiger partial charge in [0.1, 0.15) is 6.04 Å². The van der Waals surface area contributed by atoms with Gasteiger partial charge in [-0.2, -0.15) is 5.26 Å². The monoisotopic (exact) mass is 232 g/mol. The zero-order chi connectivity index (χ0) is 12.4. The molecular formula is C12H12N2O3. The molecule has 0 aliphatic carbocycles. The lowest BCUT2D eigenvalue weighted by molar-refractivity contribution is -0.138. The van der Waals surface area contributed by atoms with Crippen molar-refractivity contribution < 1.29 is 15.0 Å². The van der Waals surface area contributed by atoms with Crippen LogP contribution in [0.1, 0.15) is 12.0 Å². The number of nitriles is 1. The standard InChI is InChI=1S/C12H12N2O3/c13-6-8-1-3-9(4-2-8)14-7-10(15)5-11(14)12(16)17/h1-4,10-11,15H,5,7H2,(H,16,17)/t10-,11-/m0/s1. The SMILES string of the molecule is N#Cc1ccc(N2C[C@@H](O)C[C@H]2C(=O)O)cc1. The number of β-amino-alcohol motifs (C(OH)–C–C–N with tert-alkyl or cyclic N) is 1. The van der Waals surface area contributed by atoms with Crippen LogP contribution in [-0.4, -0.2) is 34.9 Å². The Balaban J connectivity index is 2.26. The van der Waals surface area contributed by atoms with E-state index in [1.54, 1.807) is 29.2 Å². The first kappa shape index (κ1) is 11.4. The summed E-state index contributed by atoms with van der Waals surface area (Å²) in [6.45, 7) is 0.308. The molecule has 0 aromatic heterocycles. The first-order chi connectivity index (χ1) is 8.11. The quantitative estimate of drug-likeness (QED) is 0.779. The number of carbonyl (C=O) groups is 1. The minimum atomic E-state index is -0.939. The molecule has 1 heterocycles. The summed E-state index contributed by atoms with van der Waals surface area (Å²) in [5.74, 6) is -0.939. The maximum atomic E-state index is 11.0. The van der Waals surface area contributed by atoms with Crippen LogP contribution in [0.2, 0.25) is 0 Å². The van der Waals surface area contributed by atoms with E-state index in [1.807, 2.05) is 6.07 Å². The van der Waals surface area contributed by atoms with Gasteiger partial charge in [-0.05, 0) is 24.3 Å². The Morgan fingerprint density at radius 2 is 2.06 bits per heavy atom. The summed E-state index contributed by atoms with van der Waals surface area (Å²) in [5, 5.41) is 27.3. The summed E-state index contributed by atoms with van der Waals surface area (Å²) in [7, 11) is 0. The summed E-state index contributed by atoms with van der Waals surface area (Å²) in [5.41, 5.74) is 1.24. The second kappa shape index (κ2) is 4.44. The summed E-state index contributed by atoms with van der Waals surface area (Å²) in [6.07, 6.45) is -0.387. The van der Waals surface area contributed by atoms with Gasteiger partial charge in [0, 0.05) is 18.7 Å². The molecule has 88 valence electrons. The van der Waals surface area contributed by atoms with E-state index in [0.717, 1.165) is 0 Å². The molecule has 0 unspecified atom stereocenters. The Kier molecular flexibility index (Phi) is 2.98. The van der Waals surface area contributed by atoms with Crippen LogP contribution in [0.3, 0.4) is 0 Å². The number of carboxylic acid groups (broad SMARTS) is 1. The molecule has 5 nitrogen and oxygen atoms in total. The fourth-order valence-corrected chi connectivity index (χ4v) is 2.06. The number of aliphatic carboxylic acids is 1. The molecule has 1 aliphatic rings. The number of hydrogen-bond acceptors (Lipinski definition) is 4. The van der Waals surface area contributed by atoms with E-state index in [0.29, 0.717) is 17.8 Å². The van der Waals surface area contributed by atoms with Crippen molar-refractivity contribution in [2.45, 2.75) is 18.6 Å². The van der Waals surface area contributed by atoms with Gasteiger partial charge in [-0.15, -0.1) is 0 Å². The average Bonchev–Trinajstić information content (AvgIpc) is 2.72. The lowest BCUT2D eigenvalue weighted by Crippen LogP contribution is -2.35. The summed E-state index contributed by atoms with van der Waals surface area (Å²) < 4.78 is 0. The Hall–Kier alpha value is -2.06. The normalized spacial score (nSPS) is 23.4. The van der Waals surface area contributed by atoms with Gasteiger partial charge in [0.25, 0.3) is 0 Å². The fourth-order valence-electron chi connectivity index (χ4n) is 2.06. The summed E-state index contributed by atoms with van der Waals surface area (Å²) in [4.78, 5) is 12.7. The van der Waals surface area contributed by atoms with Crippen LogP contribution >= 0.6 is 0 Å². The van der Waals surface area contributed by atoms with Gasteiger partial charge in [0.15, 0.2) is 0 Å². The topological polar surface area (TPSA) is 84.6 Å². The van der Waals surface area contributed by atoms with Gasteiger partial charge >= 0.3 is 5.97 Å². The Morgan fingerprint density at radius 1 is 1.41 bits per heavy atom. The van der Waals surface area contributed by atoms with E-state index in [4.69, 9.17) is 10.4 Å². The third kappa shape index (κ3) is 2.22. The average molecular weight is 232 g/mol. The van der Waals surface area contributed by atoms with Crippen molar-refractivity contribution in [1.29, 1.82) is 5.26 Å². The van der Waals surface area contributed by atoms with Gasteiger partial charge in [-0.3, -0.25) is 0 Å². The molecule has 1 aromatic rings. The molecule has 2 rings (SSSR count). The van der Waals surface area contributed by atoms with E-state index in [1.165, 1.54) is 0 Å². The number of benzene rings is 1. The second-order valence-electron chi connectivity index (χ2n) is 4.05. The zero-order valence-corrected chi connectivity index (χ0v) is 9.08. The summed E-state index contributed by atoms with van der Waals surface area (Å²) in [6, 6.07) is 7.98. The number of aliphatic hydroxyl groups is 1. The molecule has 1 aliphatic heterocycles. The van der Waals surface area contributed by atoms with E-state index >= 15 is 0 Å². The number of anilines is 1. The van der Waals surface area contributed by atoms with E-state index in [2.05, 4.69) is 0 Å². The Labute approximate surface area is 98.5 Å². The number of hydrogen-bond donors (Lipinski definition) is 2. The Bertz CT molecular complexity index is 464. The van der Waals surface area contributed by atoms with Crippen molar-refractivity contribution in [2.24, 2.45) is 0 Å². The highest BCUT2D eigenvalue weighted by atomic mass is 16.4. The molecule has 5 heteroatoms. The predicted octanol–water partition coefficient (Wildman–Crippen LogP) is 0.582. The summed E-state index contributed by atoms with van der Waals surface area (Å²) >= 11 is 0. The maximum absolute atomic E-state index is 11.0. The van der Waals surface area contributed by atoms with Gasteiger partial charge in [0.2, 0.25) is 0 Å². The highest BCUT2D eigenvalue weighted by Gasteiger charge is 2.35. The minimum absolute atomic E-state index is 0.231. The predicted molar refractivity (Wildman–Crippen MR) is 60.6 cm³/mol. The lowest BCUT2D eigenvalue weighted by Gasteiger charge is -2.23. The molecule has 17 heavy (non-hydrogen) atoms. The van der Waals surface area contributed by atoms with Crippen LogP contribution < -0.4 is 4.90 Å². The molecular weight excluding hydrogens is 220 g/mol. The van der Waals surface area contributed by atoms with Crippen LogP contribution in [0, 0.1) is 11.3 Å². The highest BCUT2D eigenvalue weighted by Crippen LogP contribution is 2.26. The van der Waals surface area contributed by atoms with Gasteiger partial charge in [-0.25, -0.2) is 4.79 Å². The van der Waals surface area contributed by atoms with Crippen molar-refractivity contribution in [3.63, 3.8) is 0 Å². The van der Waals surface area contributed by atoms with Crippen molar-refractivity contribution in [1.82, 2.24) is 0 Å². The fraction of sp³-hybridized carbons (Fsp3) is 0.333. The Morgan fingerprint density at radius 3 is 2.59 bits per heavy atom. The number of rotatable bonds is 2. The molecule has 1 saturated heterocycles. The molecule has 2 atom stereocenters. The smallest absolute Gasteiger partial charge is 0.326 e. The first-order valence-electron chi connectivity index (χ1n) is 5.29. The highest BCUT2D eigenvalue weighted by molar-refractivity contribution is 5.79. The molecule has 0 amide bonds. The van der Waals surface area contributed by atoms with Crippen LogP contribution in [0.15, 0.2) is 24.3 Å². The van der Waals surface area contributed by atoms with Gasteiger partial charge < -0.3 is 15.1 Å². The van der Waals surface area contributed by atoms with Crippen LogP contribution in [-0.2, 0) is 4.79 Å². The molecule has 0 bridgehead atoms. The molecule has 0 saturated carbocycles. The molecule has 1 fully saturated rings. The van der Waals surface area contributed by atoms with Crippen molar-refractivity contribution in [2.75, 3.05) is 11.4 Å². The van der Waals surface area contributed by atoms with Crippen LogP contribution in [0.5, 0.6) is 0 Å². The number of nitrogens with zero attached hydrogens (tertiary/aromatic N) is 2. The van der Waals surface area contributed by atoms with E-state index < -0.39 is 18.1 Å². The van der Waals surface area contributed by atoms with Crippen molar-refractivity contribution in [3.05, 3.63) is 29.8 Å². The maximum Gasteiger partial charge on any atom is 0.326 e. The molecule has 0 spiro atoms. The van der Waals surface area contributed by atoms with Gasteiger partial charge in [0.05, 0.1) is 17.7 Å². The van der Waals surface area contributed by atoms with Crippen molar-refractivity contribution >= 4 is 11.7 Å². The number of carboxylic acids is 1. The largest absolute Gasteiger partial charge is 0.480 e. The van der Waals surface area contributed by atoms with Gasteiger partial charge in [-0.1, -0.05) is 0 Å². The number of aliphatic hydroxyl groups excluding tert-OH is 1. The third-order valence-corrected chi connectivity index (χ3v) is 2.89. The lowest BCUT2D eigenvalue weighted by atomic mass is 10.2. The van der Waals surface area contributed by atoms with Crippen LogP contribution in [0.4, 0.5) is 5.69 Å². The minimum Gasteiger partial charge on any atom is -0.480 e. The van der Waals surface area contributed by atoms with E-state index in [-0.39, 0.29) is 6.42 Å². The molecule has 2 N–H and O–H groups in total. The zero-order valence-electron chi connectivity index (χ0n) is 9.08. The van der Waals surface area contributed by atoms with E-state index in [9.17, 15) is 9.90 Å². The molecule has 1 aromatic carbocycles. The third-order valence-electron chi connectivity index (χ3n) is 2.89. The van der Waals surface area contributed by atoms with Crippen LogP contribution in [0.25, 0.3) is 0 Å². The van der Waals surface area contributed by atoms with Crippen molar-refractivity contribution in [3.8, 4) is 6.07 Å².